The van der Waals surface area contributed by atoms with E-state index in [1.165, 1.54) is 18.4 Å². The fourth-order valence-corrected chi connectivity index (χ4v) is 1.94. The minimum Gasteiger partial charge on any atom is -0.375 e. The number of nitrogens with one attached hydrogen (secondary N) is 2. The maximum Gasteiger partial charge on any atom is 0.191 e. The van der Waals surface area contributed by atoms with Crippen LogP contribution in [-0.4, -0.2) is 32.7 Å². The van der Waals surface area contributed by atoms with Gasteiger partial charge in [0.05, 0.1) is 13.2 Å². The van der Waals surface area contributed by atoms with Crippen molar-refractivity contribution in [2.45, 2.75) is 33.3 Å². The second kappa shape index (κ2) is 11.1. The number of aliphatic imine (C=N–C) groups is 1. The lowest BCUT2D eigenvalue weighted by molar-refractivity contribution is 0.125. The van der Waals surface area contributed by atoms with Crippen molar-refractivity contribution < 1.29 is 4.74 Å². The quantitative estimate of drug-likeness (QED) is 0.418. The highest BCUT2D eigenvalue weighted by molar-refractivity contribution is 5.79. The first-order chi connectivity index (χ1) is 10.2. The molecule has 1 aromatic carbocycles. The fourth-order valence-electron chi connectivity index (χ4n) is 1.94. The van der Waals surface area contributed by atoms with E-state index < -0.39 is 0 Å². The molecule has 0 atom stereocenters. The van der Waals surface area contributed by atoms with Crippen LogP contribution in [0.25, 0.3) is 0 Å². The van der Waals surface area contributed by atoms with E-state index in [-0.39, 0.29) is 0 Å². The minimum absolute atomic E-state index is 0.656. The van der Waals surface area contributed by atoms with E-state index in [1.807, 2.05) is 18.2 Å². The summed E-state index contributed by atoms with van der Waals surface area (Å²) in [5, 5.41) is 6.57. The molecule has 0 fully saturated rings. The number of ether oxygens (including phenoxy) is 1. The lowest BCUT2D eigenvalue weighted by atomic mass is 10.1. The molecule has 0 aromatic heterocycles. The lowest BCUT2D eigenvalue weighted by Crippen LogP contribution is -2.39. The smallest absolute Gasteiger partial charge is 0.191 e. The van der Waals surface area contributed by atoms with Crippen LogP contribution in [0.15, 0.2) is 35.3 Å². The van der Waals surface area contributed by atoms with E-state index in [4.69, 9.17) is 4.74 Å². The van der Waals surface area contributed by atoms with Gasteiger partial charge in [-0.3, -0.25) is 4.99 Å². The zero-order valence-corrected chi connectivity index (χ0v) is 13.6. The summed E-state index contributed by atoms with van der Waals surface area (Å²) < 4.78 is 5.63. The Hall–Kier alpha value is -1.55. The van der Waals surface area contributed by atoms with Crippen molar-refractivity contribution >= 4 is 5.96 Å². The van der Waals surface area contributed by atoms with Gasteiger partial charge in [0, 0.05) is 20.1 Å². The van der Waals surface area contributed by atoms with E-state index in [1.54, 1.807) is 7.05 Å². The van der Waals surface area contributed by atoms with Crippen molar-refractivity contribution in [2.24, 2.45) is 10.9 Å². The zero-order valence-electron chi connectivity index (χ0n) is 13.6. The molecule has 4 nitrogen and oxygen atoms in total. The van der Waals surface area contributed by atoms with Gasteiger partial charge in [-0.25, -0.2) is 0 Å². The third-order valence-electron chi connectivity index (χ3n) is 3.12. The molecular formula is C17H29N3O. The van der Waals surface area contributed by atoms with Crippen molar-refractivity contribution in [3.8, 4) is 0 Å². The molecular weight excluding hydrogens is 262 g/mol. The van der Waals surface area contributed by atoms with Crippen LogP contribution in [0.3, 0.4) is 0 Å². The molecule has 0 unspecified atom stereocenters. The third-order valence-corrected chi connectivity index (χ3v) is 3.12. The first-order valence-corrected chi connectivity index (χ1v) is 7.78. The highest BCUT2D eigenvalue weighted by Crippen LogP contribution is 2.01. The topological polar surface area (TPSA) is 45.7 Å². The molecule has 4 heteroatoms. The molecule has 1 aromatic rings. The second-order valence-electron chi connectivity index (χ2n) is 5.50. The van der Waals surface area contributed by atoms with Crippen LogP contribution >= 0.6 is 0 Å². The van der Waals surface area contributed by atoms with Crippen molar-refractivity contribution in [2.75, 3.05) is 26.7 Å². The van der Waals surface area contributed by atoms with Gasteiger partial charge >= 0.3 is 0 Å². The normalized spacial score (nSPS) is 11.7. The van der Waals surface area contributed by atoms with Gasteiger partial charge < -0.3 is 15.4 Å². The van der Waals surface area contributed by atoms with E-state index >= 15 is 0 Å². The summed E-state index contributed by atoms with van der Waals surface area (Å²) in [4.78, 5) is 4.20. The van der Waals surface area contributed by atoms with Crippen molar-refractivity contribution in [3.05, 3.63) is 35.9 Å². The van der Waals surface area contributed by atoms with E-state index in [0.717, 1.165) is 25.0 Å². The average Bonchev–Trinajstić information content (AvgIpc) is 2.50. The summed E-state index contributed by atoms with van der Waals surface area (Å²) in [7, 11) is 1.79. The largest absolute Gasteiger partial charge is 0.375 e. The summed E-state index contributed by atoms with van der Waals surface area (Å²) in [6.45, 7) is 7.54. The maximum atomic E-state index is 5.63. The van der Waals surface area contributed by atoms with Gasteiger partial charge in [0.25, 0.3) is 0 Å². The number of hydrogen-bond donors (Lipinski definition) is 2. The molecule has 21 heavy (non-hydrogen) atoms. The van der Waals surface area contributed by atoms with Gasteiger partial charge in [0.2, 0.25) is 0 Å². The zero-order chi connectivity index (χ0) is 15.3. The average molecular weight is 291 g/mol. The Morgan fingerprint density at radius 3 is 2.52 bits per heavy atom. The van der Waals surface area contributed by atoms with Gasteiger partial charge in [0.1, 0.15) is 0 Å². The summed E-state index contributed by atoms with van der Waals surface area (Å²) in [6, 6.07) is 10.2. The van der Waals surface area contributed by atoms with Crippen LogP contribution in [0.1, 0.15) is 32.3 Å². The van der Waals surface area contributed by atoms with Crippen LogP contribution in [0.2, 0.25) is 0 Å². The van der Waals surface area contributed by atoms with Gasteiger partial charge in [0.15, 0.2) is 5.96 Å². The number of rotatable bonds is 9. The van der Waals surface area contributed by atoms with Gasteiger partial charge in [-0.2, -0.15) is 0 Å². The van der Waals surface area contributed by atoms with E-state index in [9.17, 15) is 0 Å². The Morgan fingerprint density at radius 2 is 1.86 bits per heavy atom. The molecule has 2 N–H and O–H groups in total. The molecule has 0 spiro atoms. The van der Waals surface area contributed by atoms with Crippen molar-refractivity contribution in [3.63, 3.8) is 0 Å². The van der Waals surface area contributed by atoms with E-state index in [0.29, 0.717) is 13.2 Å². The lowest BCUT2D eigenvalue weighted by Gasteiger charge is -2.12. The van der Waals surface area contributed by atoms with Crippen LogP contribution in [0.4, 0.5) is 0 Å². The second-order valence-corrected chi connectivity index (χ2v) is 5.50. The Bertz CT molecular complexity index is 390. The summed E-state index contributed by atoms with van der Waals surface area (Å²) in [5.74, 6) is 1.61. The highest BCUT2D eigenvalue weighted by Gasteiger charge is 1.98. The SMILES string of the molecule is CN=C(NCCCC(C)C)NCCOCc1ccccc1. The molecule has 0 radical (unpaired) electrons. The number of guanidine groups is 1. The summed E-state index contributed by atoms with van der Waals surface area (Å²) in [6.07, 6.45) is 2.41. The van der Waals surface area contributed by atoms with Crippen LogP contribution in [0.5, 0.6) is 0 Å². The number of nitrogens with zero attached hydrogens (tertiary/aromatic N) is 1. The molecule has 0 amide bonds. The molecule has 0 bridgehead atoms. The molecule has 0 saturated heterocycles. The Labute approximate surface area is 129 Å². The maximum absolute atomic E-state index is 5.63. The monoisotopic (exact) mass is 291 g/mol. The number of benzene rings is 1. The Balaban J connectivity index is 2.04. The molecule has 0 saturated carbocycles. The first kappa shape index (κ1) is 17.5. The molecule has 0 heterocycles. The molecule has 1 rings (SSSR count). The van der Waals surface area contributed by atoms with Crippen LogP contribution in [0, 0.1) is 5.92 Å². The molecule has 118 valence electrons. The highest BCUT2D eigenvalue weighted by atomic mass is 16.5. The van der Waals surface area contributed by atoms with Gasteiger partial charge in [-0.05, 0) is 24.3 Å². The third kappa shape index (κ3) is 9.08. The predicted molar refractivity (Wildman–Crippen MR) is 89.5 cm³/mol. The predicted octanol–water partition coefficient (Wildman–Crippen LogP) is 2.80. The number of hydrogen-bond acceptors (Lipinski definition) is 2. The van der Waals surface area contributed by atoms with Crippen molar-refractivity contribution in [1.29, 1.82) is 0 Å². The molecule has 0 aliphatic heterocycles. The minimum atomic E-state index is 0.656. The van der Waals surface area contributed by atoms with E-state index in [2.05, 4.69) is 41.6 Å². The van der Waals surface area contributed by atoms with Gasteiger partial charge in [-0.15, -0.1) is 0 Å². The van der Waals surface area contributed by atoms with Crippen molar-refractivity contribution in [1.82, 2.24) is 10.6 Å². The fraction of sp³-hybridized carbons (Fsp3) is 0.588. The summed E-state index contributed by atoms with van der Waals surface area (Å²) in [5.41, 5.74) is 1.20. The Kier molecular flexibility index (Phi) is 9.29. The standard InChI is InChI=1S/C17H29N3O/c1-15(2)8-7-11-19-17(18-3)20-12-13-21-14-16-9-5-4-6-10-16/h4-6,9-10,15H,7-8,11-14H2,1-3H3,(H2,18,19,20). The Morgan fingerprint density at radius 1 is 1.14 bits per heavy atom. The van der Waals surface area contributed by atoms with Crippen LogP contribution < -0.4 is 10.6 Å². The molecule has 0 aliphatic rings. The van der Waals surface area contributed by atoms with Gasteiger partial charge in [-0.1, -0.05) is 44.2 Å². The van der Waals surface area contributed by atoms with Crippen LogP contribution in [-0.2, 0) is 11.3 Å². The first-order valence-electron chi connectivity index (χ1n) is 7.78. The molecule has 0 aliphatic carbocycles. The summed E-state index contributed by atoms with van der Waals surface area (Å²) >= 11 is 0.